The number of nitrogens with zero attached hydrogens (tertiary/aromatic N) is 2. The molecule has 1 atom stereocenters. The normalized spacial score (nSPS) is 16.8. The summed E-state index contributed by atoms with van der Waals surface area (Å²) in [5, 5.41) is 8.17. The Morgan fingerprint density at radius 3 is 2.81 bits per heavy atom. The van der Waals surface area contributed by atoms with Crippen molar-refractivity contribution in [2.45, 2.75) is 33.2 Å². The van der Waals surface area contributed by atoms with Crippen LogP contribution in [0.15, 0.2) is 16.8 Å². The van der Waals surface area contributed by atoms with Crippen molar-refractivity contribution in [1.29, 1.82) is 0 Å². The molecule has 3 rings (SSSR count). The Bertz CT molecular complexity index is 706. The maximum Gasteiger partial charge on any atom is 0.263 e. The van der Waals surface area contributed by atoms with Crippen molar-refractivity contribution in [2.24, 2.45) is 5.92 Å². The Morgan fingerprint density at radius 1 is 1.38 bits per heavy atom. The Balaban J connectivity index is 1.64. The number of carbonyl (C=O) groups is 1. The molecule has 3 heterocycles. The molecular weight excluding hydrogens is 366 g/mol. The van der Waals surface area contributed by atoms with E-state index in [-0.39, 0.29) is 5.91 Å². The van der Waals surface area contributed by atoms with Crippen molar-refractivity contribution in [3.05, 3.63) is 27.4 Å². The third kappa shape index (κ3) is 4.91. The zero-order chi connectivity index (χ0) is 18.5. The number of thiazole rings is 1. The topological polar surface area (TPSA) is 54.5 Å². The van der Waals surface area contributed by atoms with Gasteiger partial charge in [0.1, 0.15) is 9.88 Å². The minimum atomic E-state index is -0.0107. The Kier molecular flexibility index (Phi) is 6.80. The molecule has 2 aromatic rings. The van der Waals surface area contributed by atoms with Crippen molar-refractivity contribution in [1.82, 2.24) is 15.2 Å². The van der Waals surface area contributed by atoms with Gasteiger partial charge < -0.3 is 10.1 Å². The third-order valence-electron chi connectivity index (χ3n) is 4.57. The predicted molar refractivity (Wildman–Crippen MR) is 108 cm³/mol. The summed E-state index contributed by atoms with van der Waals surface area (Å²) in [6.45, 7) is 10.5. The van der Waals surface area contributed by atoms with Gasteiger partial charge in [-0.1, -0.05) is 13.8 Å². The van der Waals surface area contributed by atoms with Gasteiger partial charge in [0.25, 0.3) is 5.91 Å². The summed E-state index contributed by atoms with van der Waals surface area (Å²) < 4.78 is 5.47. The highest BCUT2D eigenvalue weighted by molar-refractivity contribution is 7.17. The van der Waals surface area contributed by atoms with Gasteiger partial charge in [-0.3, -0.25) is 9.69 Å². The van der Waals surface area contributed by atoms with Crippen molar-refractivity contribution < 1.29 is 9.53 Å². The number of aromatic nitrogens is 1. The minimum absolute atomic E-state index is 0.0107. The van der Waals surface area contributed by atoms with E-state index in [1.165, 1.54) is 11.3 Å². The molecule has 1 N–H and O–H groups in total. The minimum Gasteiger partial charge on any atom is -0.379 e. The molecule has 5 nitrogen and oxygen atoms in total. The molecule has 142 valence electrons. The summed E-state index contributed by atoms with van der Waals surface area (Å²) >= 11 is 3.12. The van der Waals surface area contributed by atoms with E-state index in [1.54, 1.807) is 11.3 Å². The molecule has 2 aromatic heterocycles. The largest absolute Gasteiger partial charge is 0.379 e. The van der Waals surface area contributed by atoms with Gasteiger partial charge in [0, 0.05) is 36.6 Å². The lowest BCUT2D eigenvalue weighted by Gasteiger charge is -2.35. The quantitative estimate of drug-likeness (QED) is 0.780. The molecule has 7 heteroatoms. The van der Waals surface area contributed by atoms with Crippen LogP contribution in [0.3, 0.4) is 0 Å². The van der Waals surface area contributed by atoms with Crippen LogP contribution in [0, 0.1) is 12.8 Å². The number of morpholine rings is 1. The first-order chi connectivity index (χ1) is 12.5. The van der Waals surface area contributed by atoms with E-state index >= 15 is 0 Å². The first-order valence-electron chi connectivity index (χ1n) is 9.14. The number of aryl methyl sites for hydroxylation is 1. The highest BCUT2D eigenvalue weighted by atomic mass is 32.1. The molecule has 26 heavy (non-hydrogen) atoms. The lowest BCUT2D eigenvalue weighted by molar-refractivity contribution is 0.0125. The lowest BCUT2D eigenvalue weighted by Crippen LogP contribution is -2.49. The summed E-state index contributed by atoms with van der Waals surface area (Å²) in [4.78, 5) is 20.5. The van der Waals surface area contributed by atoms with Crippen molar-refractivity contribution in [3.63, 3.8) is 0 Å². The van der Waals surface area contributed by atoms with Crippen LogP contribution >= 0.6 is 22.7 Å². The summed E-state index contributed by atoms with van der Waals surface area (Å²) in [6.07, 6.45) is 1.07. The zero-order valence-corrected chi connectivity index (χ0v) is 17.3. The maximum absolute atomic E-state index is 12.7. The van der Waals surface area contributed by atoms with Gasteiger partial charge in [0.2, 0.25) is 0 Å². The van der Waals surface area contributed by atoms with Crippen LogP contribution < -0.4 is 5.32 Å². The molecule has 1 amide bonds. The highest BCUT2D eigenvalue weighted by Gasteiger charge is 2.24. The molecule has 1 fully saturated rings. The second-order valence-electron chi connectivity index (χ2n) is 7.09. The molecule has 0 radical (unpaired) electrons. The molecule has 0 aliphatic carbocycles. The number of nitrogens with one attached hydrogen (secondary N) is 1. The summed E-state index contributed by atoms with van der Waals surface area (Å²) in [6, 6.07) is 2.40. The second-order valence-corrected chi connectivity index (χ2v) is 8.87. The monoisotopic (exact) mass is 393 g/mol. The number of carbonyl (C=O) groups excluding carboxylic acids is 1. The van der Waals surface area contributed by atoms with E-state index in [9.17, 15) is 4.79 Å². The van der Waals surface area contributed by atoms with Crippen molar-refractivity contribution in [2.75, 3.05) is 32.8 Å². The average molecular weight is 394 g/mol. The van der Waals surface area contributed by atoms with Gasteiger partial charge in [-0.25, -0.2) is 4.98 Å². The lowest BCUT2D eigenvalue weighted by atomic mass is 10.0. The van der Waals surface area contributed by atoms with E-state index in [1.807, 2.05) is 18.4 Å². The number of hydrogen-bond acceptors (Lipinski definition) is 6. The zero-order valence-electron chi connectivity index (χ0n) is 15.7. The van der Waals surface area contributed by atoms with Crippen LogP contribution in [0.4, 0.5) is 0 Å². The molecule has 0 bridgehead atoms. The maximum atomic E-state index is 12.7. The molecule has 1 aliphatic heterocycles. The van der Waals surface area contributed by atoms with E-state index < -0.39 is 0 Å². The van der Waals surface area contributed by atoms with E-state index in [4.69, 9.17) is 4.74 Å². The number of ether oxygens (including phenoxy) is 1. The Labute approximate surface area is 163 Å². The van der Waals surface area contributed by atoms with E-state index in [2.05, 4.69) is 34.4 Å². The summed E-state index contributed by atoms with van der Waals surface area (Å²) in [7, 11) is 0. The first-order valence-corrected chi connectivity index (χ1v) is 10.9. The molecular formula is C19H27N3O2S2. The van der Waals surface area contributed by atoms with Gasteiger partial charge in [0.05, 0.1) is 18.9 Å². The van der Waals surface area contributed by atoms with Crippen LogP contribution in [-0.2, 0) is 4.74 Å². The molecule has 0 spiro atoms. The van der Waals surface area contributed by atoms with Gasteiger partial charge in [-0.15, -0.1) is 11.3 Å². The summed E-state index contributed by atoms with van der Waals surface area (Å²) in [5.41, 5.74) is 1.90. The Hall–Kier alpha value is -1.28. The van der Waals surface area contributed by atoms with Crippen LogP contribution in [0.1, 0.15) is 35.6 Å². The van der Waals surface area contributed by atoms with E-state index in [0.29, 0.717) is 18.5 Å². The number of hydrogen-bond donors (Lipinski definition) is 1. The van der Waals surface area contributed by atoms with E-state index in [0.717, 1.165) is 53.9 Å². The fraction of sp³-hybridized carbons (Fsp3) is 0.579. The highest BCUT2D eigenvalue weighted by Crippen LogP contribution is 2.29. The molecule has 0 aromatic carbocycles. The number of thiophene rings is 1. The SMILES string of the molecule is Cc1nc(-c2ccsc2)sc1C(=O)NCC(CC(C)C)N1CCOCC1. The first kappa shape index (κ1) is 19.5. The van der Waals surface area contributed by atoms with Gasteiger partial charge in [-0.05, 0) is 30.7 Å². The molecule has 1 unspecified atom stereocenters. The van der Waals surface area contributed by atoms with Gasteiger partial charge >= 0.3 is 0 Å². The molecule has 0 saturated carbocycles. The Morgan fingerprint density at radius 2 is 2.15 bits per heavy atom. The number of rotatable bonds is 7. The van der Waals surface area contributed by atoms with Crippen molar-refractivity contribution >= 4 is 28.6 Å². The van der Waals surface area contributed by atoms with Gasteiger partial charge in [-0.2, -0.15) is 11.3 Å². The second kappa shape index (κ2) is 9.08. The molecule has 1 saturated heterocycles. The van der Waals surface area contributed by atoms with Crippen LogP contribution in [0.25, 0.3) is 10.6 Å². The van der Waals surface area contributed by atoms with Crippen LogP contribution in [0.2, 0.25) is 0 Å². The van der Waals surface area contributed by atoms with Crippen LogP contribution in [0.5, 0.6) is 0 Å². The van der Waals surface area contributed by atoms with Crippen molar-refractivity contribution in [3.8, 4) is 10.6 Å². The predicted octanol–water partition coefficient (Wildman–Crippen LogP) is 3.66. The molecule has 1 aliphatic rings. The smallest absolute Gasteiger partial charge is 0.263 e. The van der Waals surface area contributed by atoms with Crippen LogP contribution in [-0.4, -0.2) is 54.7 Å². The van der Waals surface area contributed by atoms with Gasteiger partial charge in [0.15, 0.2) is 0 Å². The summed E-state index contributed by atoms with van der Waals surface area (Å²) in [5.74, 6) is 0.582. The standard InChI is InChI=1S/C19H27N3O2S2/c1-13(2)10-16(22-5-7-24-8-6-22)11-20-18(23)17-14(3)21-19(26-17)15-4-9-25-12-15/h4,9,12-13,16H,5-8,10-11H2,1-3H3,(H,20,23). The fourth-order valence-corrected chi connectivity index (χ4v) is 4.95. The average Bonchev–Trinajstić information content (AvgIpc) is 3.28. The number of amides is 1. The fourth-order valence-electron chi connectivity index (χ4n) is 3.26. The third-order valence-corrected chi connectivity index (χ3v) is 6.46.